The van der Waals surface area contributed by atoms with Crippen molar-refractivity contribution in [1.82, 2.24) is 0 Å². The number of phenolic OH excluding ortho intramolecular Hbond substituents is 1. The van der Waals surface area contributed by atoms with Crippen molar-refractivity contribution in [1.29, 1.82) is 0 Å². The van der Waals surface area contributed by atoms with E-state index in [-0.39, 0.29) is 26.9 Å². The molecule has 0 saturated carbocycles. The van der Waals surface area contributed by atoms with Gasteiger partial charge in [-0.2, -0.15) is 0 Å². The molecule has 0 aliphatic heterocycles. The number of hydrogen-bond acceptors (Lipinski definition) is 5. The lowest BCUT2D eigenvalue weighted by atomic mass is 10.2. The first-order chi connectivity index (χ1) is 14.7. The smallest absolute Gasteiger partial charge is 0.262 e. The summed E-state index contributed by atoms with van der Waals surface area (Å²) in [6.45, 7) is 7.22. The molecule has 0 radical (unpaired) electrons. The second-order valence-corrected chi connectivity index (χ2v) is 9.77. The normalized spacial score (nSPS) is 11.5. The first kappa shape index (κ1) is 22.1. The molecule has 0 fully saturated rings. The van der Waals surface area contributed by atoms with Crippen LogP contribution in [0.2, 0.25) is 0 Å². The maximum Gasteiger partial charge on any atom is 0.262 e. The maximum atomic E-state index is 12.8. The highest BCUT2D eigenvalue weighted by molar-refractivity contribution is 7.93. The van der Waals surface area contributed by atoms with Crippen molar-refractivity contribution < 1.29 is 21.9 Å². The third-order valence-corrected chi connectivity index (χ3v) is 7.19. The van der Waals surface area contributed by atoms with E-state index < -0.39 is 20.0 Å². The Hall–Kier alpha value is -3.56. The zero-order valence-electron chi connectivity index (χ0n) is 16.3. The average molecular weight is 457 g/mol. The minimum absolute atomic E-state index is 0.00427. The van der Waals surface area contributed by atoms with Gasteiger partial charge in [0.15, 0.2) is 0 Å². The molecule has 3 rings (SSSR count). The highest BCUT2D eigenvalue weighted by atomic mass is 32.2. The van der Waals surface area contributed by atoms with Gasteiger partial charge < -0.3 is 5.11 Å². The first-order valence-corrected chi connectivity index (χ1v) is 12.0. The van der Waals surface area contributed by atoms with E-state index in [2.05, 4.69) is 22.6 Å². The van der Waals surface area contributed by atoms with Crippen LogP contribution in [0.5, 0.6) is 5.75 Å². The van der Waals surface area contributed by atoms with E-state index in [0.717, 1.165) is 0 Å². The van der Waals surface area contributed by atoms with Crippen LogP contribution < -0.4 is 9.44 Å². The highest BCUT2D eigenvalue weighted by Crippen LogP contribution is 2.29. The Labute approximate surface area is 181 Å². The fraction of sp³-hybridized carbons (Fsp3) is 0. The van der Waals surface area contributed by atoms with Crippen molar-refractivity contribution in [2.24, 2.45) is 0 Å². The topological polar surface area (TPSA) is 113 Å². The van der Waals surface area contributed by atoms with Gasteiger partial charge in [0.25, 0.3) is 20.0 Å². The van der Waals surface area contributed by atoms with E-state index in [4.69, 9.17) is 0 Å². The van der Waals surface area contributed by atoms with Crippen LogP contribution in [0.25, 0.3) is 12.2 Å². The van der Waals surface area contributed by atoms with Crippen LogP contribution in [0.4, 0.5) is 11.4 Å². The predicted octanol–water partition coefficient (Wildman–Crippen LogP) is 4.28. The molecule has 0 aliphatic rings. The number of anilines is 2. The van der Waals surface area contributed by atoms with Crippen LogP contribution in [0.3, 0.4) is 0 Å². The number of hydrogen-bond donors (Lipinski definition) is 3. The van der Waals surface area contributed by atoms with Gasteiger partial charge in [-0.3, -0.25) is 9.44 Å². The third kappa shape index (κ3) is 4.96. The minimum atomic E-state index is -4.02. The van der Waals surface area contributed by atoms with Gasteiger partial charge in [0.1, 0.15) is 5.75 Å². The van der Waals surface area contributed by atoms with Gasteiger partial charge in [0, 0.05) is 12.1 Å². The standard InChI is InChI=1S/C22H20N2O5S2/c1-3-16-9-5-7-11-21(16)30(26,27)23-18-13-19(15-20(25)14-18)24-31(28,29)22-12-8-6-10-17(22)4-2/h3-15,23-25H,1-2H2. The van der Waals surface area contributed by atoms with E-state index in [1.807, 2.05) is 0 Å². The molecule has 7 nitrogen and oxygen atoms in total. The van der Waals surface area contributed by atoms with Crippen LogP contribution >= 0.6 is 0 Å². The van der Waals surface area contributed by atoms with Gasteiger partial charge >= 0.3 is 0 Å². The lowest BCUT2D eigenvalue weighted by Gasteiger charge is -2.14. The number of rotatable bonds is 8. The maximum absolute atomic E-state index is 12.8. The SMILES string of the molecule is C=Cc1ccccc1S(=O)(=O)Nc1cc(O)cc(NS(=O)(=O)c2ccccc2C=C)c1. The molecular formula is C22H20N2O5S2. The van der Waals surface area contributed by atoms with E-state index >= 15 is 0 Å². The molecule has 3 N–H and O–H groups in total. The fourth-order valence-corrected chi connectivity index (χ4v) is 5.45. The predicted molar refractivity (Wildman–Crippen MR) is 123 cm³/mol. The lowest BCUT2D eigenvalue weighted by Crippen LogP contribution is -2.16. The monoisotopic (exact) mass is 456 g/mol. The average Bonchev–Trinajstić information content (AvgIpc) is 2.72. The van der Waals surface area contributed by atoms with Gasteiger partial charge in [-0.05, 0) is 29.3 Å². The summed E-state index contributed by atoms with van der Waals surface area (Å²) >= 11 is 0. The molecule has 0 bridgehead atoms. The van der Waals surface area contributed by atoms with Crippen LogP contribution in [0.15, 0.2) is 89.7 Å². The molecule has 0 aliphatic carbocycles. The Morgan fingerprint density at radius 1 is 0.677 bits per heavy atom. The molecule has 0 spiro atoms. The van der Waals surface area contributed by atoms with Gasteiger partial charge in [-0.25, -0.2) is 16.8 Å². The van der Waals surface area contributed by atoms with Gasteiger partial charge in [0.05, 0.1) is 21.2 Å². The number of aromatic hydroxyl groups is 1. The number of phenols is 1. The van der Waals surface area contributed by atoms with Crippen molar-refractivity contribution in [2.75, 3.05) is 9.44 Å². The van der Waals surface area contributed by atoms with Crippen molar-refractivity contribution >= 4 is 43.6 Å². The summed E-state index contributed by atoms with van der Waals surface area (Å²) in [5.74, 6) is -0.327. The summed E-state index contributed by atoms with van der Waals surface area (Å²) in [6.07, 6.45) is 2.82. The number of benzene rings is 3. The minimum Gasteiger partial charge on any atom is -0.508 e. The molecule has 0 amide bonds. The fourth-order valence-electron chi connectivity index (χ4n) is 2.94. The Morgan fingerprint density at radius 2 is 1.06 bits per heavy atom. The second kappa shape index (κ2) is 8.66. The van der Waals surface area contributed by atoms with Crippen LogP contribution in [-0.2, 0) is 20.0 Å². The molecule has 3 aromatic carbocycles. The second-order valence-electron chi connectivity index (χ2n) is 6.46. The van der Waals surface area contributed by atoms with E-state index in [9.17, 15) is 21.9 Å². The number of sulfonamides is 2. The number of nitrogens with one attached hydrogen (secondary N) is 2. The van der Waals surface area contributed by atoms with Gasteiger partial charge in [-0.15, -0.1) is 0 Å². The van der Waals surface area contributed by atoms with Crippen LogP contribution in [0, 0.1) is 0 Å². The zero-order valence-corrected chi connectivity index (χ0v) is 17.9. The molecule has 31 heavy (non-hydrogen) atoms. The summed E-state index contributed by atoms with van der Waals surface area (Å²) in [7, 11) is -8.04. The third-order valence-electron chi connectivity index (χ3n) is 4.28. The van der Waals surface area contributed by atoms with Crippen LogP contribution in [0.1, 0.15) is 11.1 Å². The van der Waals surface area contributed by atoms with Crippen LogP contribution in [-0.4, -0.2) is 21.9 Å². The van der Waals surface area contributed by atoms with Crippen molar-refractivity contribution in [2.45, 2.75) is 9.79 Å². The Kier molecular flexibility index (Phi) is 6.19. The molecule has 0 unspecified atom stereocenters. The molecule has 0 heterocycles. The summed E-state index contributed by atoms with van der Waals surface area (Å²) in [4.78, 5) is -0.00855. The van der Waals surface area contributed by atoms with E-state index in [1.165, 1.54) is 42.5 Å². The highest BCUT2D eigenvalue weighted by Gasteiger charge is 2.20. The Morgan fingerprint density at radius 3 is 1.45 bits per heavy atom. The zero-order chi connectivity index (χ0) is 22.6. The molecule has 9 heteroatoms. The van der Waals surface area contributed by atoms with Gasteiger partial charge in [-0.1, -0.05) is 61.7 Å². The quantitative estimate of drug-likeness (QED) is 0.468. The van der Waals surface area contributed by atoms with Gasteiger partial charge in [0.2, 0.25) is 0 Å². The largest absolute Gasteiger partial charge is 0.508 e. The van der Waals surface area contributed by atoms with Crippen molar-refractivity contribution in [3.63, 3.8) is 0 Å². The Balaban J connectivity index is 1.95. The molecular weight excluding hydrogens is 436 g/mol. The van der Waals surface area contributed by atoms with Crippen molar-refractivity contribution in [3.05, 3.63) is 91.0 Å². The summed E-state index contributed by atoms with van der Waals surface area (Å²) < 4.78 is 55.9. The van der Waals surface area contributed by atoms with Crippen molar-refractivity contribution in [3.8, 4) is 5.75 Å². The first-order valence-electron chi connectivity index (χ1n) is 8.99. The Bertz CT molecular complexity index is 1260. The molecule has 0 atom stereocenters. The molecule has 0 saturated heterocycles. The summed E-state index contributed by atoms with van der Waals surface area (Å²) in [5.41, 5.74) is 0.761. The molecule has 3 aromatic rings. The molecule has 0 aromatic heterocycles. The summed E-state index contributed by atoms with van der Waals surface area (Å²) in [5, 5.41) is 10.0. The molecule has 160 valence electrons. The van der Waals surface area contributed by atoms with E-state index in [0.29, 0.717) is 11.1 Å². The lowest BCUT2D eigenvalue weighted by molar-refractivity contribution is 0.476. The summed E-state index contributed by atoms with van der Waals surface area (Å²) in [6, 6.07) is 16.1. The van der Waals surface area contributed by atoms with E-state index in [1.54, 1.807) is 36.4 Å².